The molecular formula is C12H22N2O6. The maximum Gasteiger partial charge on any atom is 0.320 e. The van der Waals surface area contributed by atoms with Crippen LogP contribution in [0.1, 0.15) is 19.8 Å². The first-order valence-corrected chi connectivity index (χ1v) is 5.48. The Morgan fingerprint density at radius 2 is 1.15 bits per heavy atom. The standard InChI is InChI=1S/2C5H9NO2.C2H4O2/c2*1-2-3-4(6)5(7)8;1-2(3)4/h2*2,4H,1,3,6H2,(H,7,8);1H3,(H,3,4). The van der Waals surface area contributed by atoms with Crippen molar-refractivity contribution >= 4 is 17.9 Å². The van der Waals surface area contributed by atoms with E-state index in [1.54, 1.807) is 0 Å². The minimum atomic E-state index is -0.982. The molecule has 0 rings (SSSR count). The van der Waals surface area contributed by atoms with Gasteiger partial charge < -0.3 is 26.8 Å². The van der Waals surface area contributed by atoms with Gasteiger partial charge in [0.25, 0.3) is 5.97 Å². The second-order valence-electron chi connectivity index (χ2n) is 3.46. The zero-order valence-electron chi connectivity index (χ0n) is 11.4. The van der Waals surface area contributed by atoms with Crippen LogP contribution in [0.4, 0.5) is 0 Å². The van der Waals surface area contributed by atoms with Crippen LogP contribution in [0.2, 0.25) is 0 Å². The fraction of sp³-hybridized carbons (Fsp3) is 0.417. The van der Waals surface area contributed by atoms with Gasteiger partial charge in [0.15, 0.2) is 0 Å². The molecule has 0 amide bonds. The van der Waals surface area contributed by atoms with Crippen LogP contribution >= 0.6 is 0 Å². The molecule has 0 bridgehead atoms. The van der Waals surface area contributed by atoms with Crippen molar-refractivity contribution in [1.82, 2.24) is 0 Å². The van der Waals surface area contributed by atoms with Crippen molar-refractivity contribution in [3.05, 3.63) is 25.3 Å². The molecule has 0 aromatic carbocycles. The molecule has 8 nitrogen and oxygen atoms in total. The summed E-state index contributed by atoms with van der Waals surface area (Å²) >= 11 is 0. The average Bonchev–Trinajstić information content (AvgIpc) is 2.29. The predicted molar refractivity (Wildman–Crippen MR) is 74.2 cm³/mol. The fourth-order valence-electron chi connectivity index (χ4n) is 0.561. The van der Waals surface area contributed by atoms with Gasteiger partial charge in [-0.15, -0.1) is 13.2 Å². The first kappa shape index (κ1) is 22.9. The summed E-state index contributed by atoms with van der Waals surface area (Å²) in [5.74, 6) is -2.80. The van der Waals surface area contributed by atoms with E-state index in [0.717, 1.165) is 6.92 Å². The molecule has 0 heterocycles. The van der Waals surface area contributed by atoms with Gasteiger partial charge in [-0.1, -0.05) is 12.2 Å². The van der Waals surface area contributed by atoms with Crippen LogP contribution in [0.3, 0.4) is 0 Å². The van der Waals surface area contributed by atoms with Crippen LogP contribution in [0.5, 0.6) is 0 Å². The summed E-state index contributed by atoms with van der Waals surface area (Å²) in [5, 5.41) is 23.7. The topological polar surface area (TPSA) is 164 Å². The Morgan fingerprint density at radius 3 is 1.20 bits per heavy atom. The molecule has 2 unspecified atom stereocenters. The van der Waals surface area contributed by atoms with Crippen molar-refractivity contribution in [3.8, 4) is 0 Å². The molecule has 2 atom stereocenters. The van der Waals surface area contributed by atoms with E-state index in [9.17, 15) is 9.59 Å². The van der Waals surface area contributed by atoms with E-state index < -0.39 is 30.0 Å². The van der Waals surface area contributed by atoms with E-state index in [1.807, 2.05) is 0 Å². The highest BCUT2D eigenvalue weighted by Crippen LogP contribution is 1.86. The number of carboxylic acid groups (broad SMARTS) is 3. The van der Waals surface area contributed by atoms with Gasteiger partial charge in [-0.3, -0.25) is 14.4 Å². The van der Waals surface area contributed by atoms with Crippen molar-refractivity contribution in [3.63, 3.8) is 0 Å². The molecule has 0 fully saturated rings. The minimum absolute atomic E-state index is 0.329. The van der Waals surface area contributed by atoms with Crippen molar-refractivity contribution < 1.29 is 29.7 Å². The van der Waals surface area contributed by atoms with E-state index in [4.69, 9.17) is 31.6 Å². The molecule has 0 aliphatic heterocycles. The van der Waals surface area contributed by atoms with Crippen molar-refractivity contribution in [1.29, 1.82) is 0 Å². The molecule has 0 aromatic rings. The number of hydrogen-bond acceptors (Lipinski definition) is 5. The second kappa shape index (κ2) is 14.9. The summed E-state index contributed by atoms with van der Waals surface area (Å²) in [7, 11) is 0. The lowest BCUT2D eigenvalue weighted by molar-refractivity contribution is -0.139. The van der Waals surface area contributed by atoms with E-state index in [-0.39, 0.29) is 0 Å². The zero-order chi connectivity index (χ0) is 16.7. The molecule has 0 saturated heterocycles. The molecule has 0 aliphatic rings. The van der Waals surface area contributed by atoms with Crippen LogP contribution in [-0.4, -0.2) is 45.3 Å². The molecule has 0 aliphatic carbocycles. The minimum Gasteiger partial charge on any atom is -0.481 e. The van der Waals surface area contributed by atoms with Crippen LogP contribution in [-0.2, 0) is 14.4 Å². The summed E-state index contributed by atoms with van der Waals surface area (Å²) in [4.78, 5) is 28.8. The smallest absolute Gasteiger partial charge is 0.320 e. The molecule has 0 spiro atoms. The maximum absolute atomic E-state index is 9.92. The average molecular weight is 290 g/mol. The lowest BCUT2D eigenvalue weighted by atomic mass is 10.2. The summed E-state index contributed by atoms with van der Waals surface area (Å²) < 4.78 is 0. The predicted octanol–water partition coefficient (Wildman–Crippen LogP) is 0.0397. The Bertz CT molecular complexity index is 300. The molecule has 116 valence electrons. The number of aliphatic carboxylic acids is 3. The first-order chi connectivity index (χ1) is 9.09. The summed E-state index contributed by atoms with van der Waals surface area (Å²) in [6.07, 6.45) is 3.63. The van der Waals surface area contributed by atoms with Crippen molar-refractivity contribution in [2.45, 2.75) is 31.8 Å². The Kier molecular flexibility index (Phi) is 17.1. The van der Waals surface area contributed by atoms with Crippen LogP contribution in [0, 0.1) is 0 Å². The summed E-state index contributed by atoms with van der Waals surface area (Å²) in [6, 6.07) is -1.57. The summed E-state index contributed by atoms with van der Waals surface area (Å²) in [6.45, 7) is 7.76. The van der Waals surface area contributed by atoms with Gasteiger partial charge in [-0.05, 0) is 12.8 Å². The van der Waals surface area contributed by atoms with Gasteiger partial charge in [0.1, 0.15) is 12.1 Å². The molecule has 20 heavy (non-hydrogen) atoms. The third-order valence-corrected chi connectivity index (χ3v) is 1.48. The highest BCUT2D eigenvalue weighted by atomic mass is 16.4. The van der Waals surface area contributed by atoms with Gasteiger partial charge in [0.05, 0.1) is 0 Å². The Morgan fingerprint density at radius 1 is 0.950 bits per heavy atom. The van der Waals surface area contributed by atoms with Crippen LogP contribution in [0.25, 0.3) is 0 Å². The first-order valence-electron chi connectivity index (χ1n) is 5.48. The Hall–Kier alpha value is -2.19. The largest absolute Gasteiger partial charge is 0.481 e. The maximum atomic E-state index is 9.92. The molecular weight excluding hydrogens is 268 g/mol. The number of nitrogens with two attached hydrogens (primary N) is 2. The Labute approximate surface area is 117 Å². The van der Waals surface area contributed by atoms with Crippen molar-refractivity contribution in [2.24, 2.45) is 11.5 Å². The fourth-order valence-corrected chi connectivity index (χ4v) is 0.561. The molecule has 0 saturated carbocycles. The molecule has 7 N–H and O–H groups in total. The van der Waals surface area contributed by atoms with Crippen molar-refractivity contribution in [2.75, 3.05) is 0 Å². The number of carbonyl (C=O) groups is 3. The molecule has 0 aromatic heterocycles. The number of hydrogen-bond donors (Lipinski definition) is 5. The monoisotopic (exact) mass is 290 g/mol. The highest BCUT2D eigenvalue weighted by Gasteiger charge is 2.07. The van der Waals surface area contributed by atoms with Gasteiger partial charge in [0, 0.05) is 6.92 Å². The van der Waals surface area contributed by atoms with Gasteiger partial charge in [-0.2, -0.15) is 0 Å². The van der Waals surface area contributed by atoms with E-state index in [1.165, 1.54) is 12.2 Å². The third-order valence-electron chi connectivity index (χ3n) is 1.48. The SMILES string of the molecule is C=CCC(N)C(=O)O.C=CCC(N)C(=O)O.CC(=O)O. The lowest BCUT2D eigenvalue weighted by Crippen LogP contribution is -2.28. The van der Waals surface area contributed by atoms with E-state index in [2.05, 4.69) is 13.2 Å². The molecule has 8 heteroatoms. The van der Waals surface area contributed by atoms with Crippen LogP contribution in [0.15, 0.2) is 25.3 Å². The number of rotatable bonds is 6. The van der Waals surface area contributed by atoms with Crippen LogP contribution < -0.4 is 11.5 Å². The lowest BCUT2D eigenvalue weighted by Gasteiger charge is -1.98. The van der Waals surface area contributed by atoms with Gasteiger partial charge >= 0.3 is 11.9 Å². The van der Waals surface area contributed by atoms with E-state index >= 15 is 0 Å². The Balaban J connectivity index is -0.000000230. The highest BCUT2D eigenvalue weighted by molar-refractivity contribution is 5.73. The van der Waals surface area contributed by atoms with E-state index in [0.29, 0.717) is 12.8 Å². The van der Waals surface area contributed by atoms with Gasteiger partial charge in [-0.25, -0.2) is 0 Å². The normalized spacial score (nSPS) is 11.3. The second-order valence-corrected chi connectivity index (χ2v) is 3.46. The zero-order valence-corrected chi connectivity index (χ0v) is 11.4. The number of carboxylic acids is 3. The van der Waals surface area contributed by atoms with Gasteiger partial charge in [0.2, 0.25) is 0 Å². The summed E-state index contributed by atoms with van der Waals surface area (Å²) in [5.41, 5.74) is 10.1. The quantitative estimate of drug-likeness (QED) is 0.428. The third kappa shape index (κ3) is 24.9. The molecule has 0 radical (unpaired) electrons.